The molecular formula is C15H11BrFNO. The lowest BCUT2D eigenvalue weighted by Gasteiger charge is -2.09. The number of nitrogens with zero attached hydrogens (tertiary/aromatic N) is 1. The lowest BCUT2D eigenvalue weighted by Crippen LogP contribution is -1.99. The predicted molar refractivity (Wildman–Crippen MR) is 74.3 cm³/mol. The van der Waals surface area contributed by atoms with E-state index in [4.69, 9.17) is 10.00 Å². The van der Waals surface area contributed by atoms with Crippen molar-refractivity contribution >= 4 is 15.9 Å². The summed E-state index contributed by atoms with van der Waals surface area (Å²) in [5, 5.41) is 8.67. The minimum Gasteiger partial charge on any atom is -0.488 e. The summed E-state index contributed by atoms with van der Waals surface area (Å²) in [7, 11) is 0. The van der Waals surface area contributed by atoms with Gasteiger partial charge in [-0.1, -0.05) is 12.1 Å². The minimum atomic E-state index is -0.428. The van der Waals surface area contributed by atoms with Gasteiger partial charge < -0.3 is 4.74 Å². The fourth-order valence-corrected chi connectivity index (χ4v) is 2.22. The van der Waals surface area contributed by atoms with Gasteiger partial charge in [-0.3, -0.25) is 0 Å². The first-order valence-electron chi connectivity index (χ1n) is 5.67. The number of aryl methyl sites for hydroxylation is 1. The molecule has 0 spiro atoms. The molecule has 0 saturated heterocycles. The first-order valence-corrected chi connectivity index (χ1v) is 6.47. The van der Waals surface area contributed by atoms with Gasteiger partial charge in [-0.2, -0.15) is 5.26 Å². The minimum absolute atomic E-state index is 0.124. The van der Waals surface area contributed by atoms with E-state index in [0.717, 1.165) is 10.0 Å². The molecule has 0 bridgehead atoms. The molecule has 0 fully saturated rings. The van der Waals surface area contributed by atoms with Crippen LogP contribution < -0.4 is 4.74 Å². The first-order chi connectivity index (χ1) is 9.10. The molecule has 0 aliphatic heterocycles. The lowest BCUT2D eigenvalue weighted by molar-refractivity contribution is 0.298. The summed E-state index contributed by atoms with van der Waals surface area (Å²) < 4.78 is 20.1. The van der Waals surface area contributed by atoms with E-state index in [1.54, 1.807) is 12.1 Å². The van der Waals surface area contributed by atoms with Crippen LogP contribution in [0.1, 0.15) is 16.7 Å². The van der Waals surface area contributed by atoms with E-state index in [1.807, 2.05) is 31.2 Å². The van der Waals surface area contributed by atoms with E-state index in [1.165, 1.54) is 6.07 Å². The van der Waals surface area contributed by atoms with E-state index >= 15 is 0 Å². The summed E-state index contributed by atoms with van der Waals surface area (Å²) in [6.45, 7) is 2.11. The highest BCUT2D eigenvalue weighted by atomic mass is 79.9. The highest BCUT2D eigenvalue weighted by molar-refractivity contribution is 9.10. The topological polar surface area (TPSA) is 33.0 Å². The maximum absolute atomic E-state index is 13.7. The monoisotopic (exact) mass is 319 g/mol. The van der Waals surface area contributed by atoms with Gasteiger partial charge in [0.15, 0.2) is 0 Å². The fraction of sp³-hybridized carbons (Fsp3) is 0.133. The van der Waals surface area contributed by atoms with Crippen molar-refractivity contribution in [2.75, 3.05) is 0 Å². The van der Waals surface area contributed by atoms with Crippen LogP contribution in [0.2, 0.25) is 0 Å². The Morgan fingerprint density at radius 1 is 1.26 bits per heavy atom. The van der Waals surface area contributed by atoms with Crippen molar-refractivity contribution in [2.45, 2.75) is 13.5 Å². The molecule has 0 radical (unpaired) electrons. The van der Waals surface area contributed by atoms with Crippen LogP contribution in [-0.2, 0) is 6.61 Å². The zero-order valence-electron chi connectivity index (χ0n) is 10.3. The van der Waals surface area contributed by atoms with Crippen molar-refractivity contribution in [1.29, 1.82) is 5.26 Å². The van der Waals surface area contributed by atoms with Gasteiger partial charge in [0.1, 0.15) is 18.2 Å². The van der Waals surface area contributed by atoms with Crippen LogP contribution >= 0.6 is 15.9 Å². The Hall–Kier alpha value is -1.86. The third kappa shape index (κ3) is 3.33. The smallest absolute Gasteiger partial charge is 0.134 e. The Balaban J connectivity index is 2.13. The number of rotatable bonds is 3. The number of hydrogen-bond acceptors (Lipinski definition) is 2. The molecule has 0 aliphatic carbocycles. The summed E-state index contributed by atoms with van der Waals surface area (Å²) in [4.78, 5) is 0. The maximum Gasteiger partial charge on any atom is 0.134 e. The van der Waals surface area contributed by atoms with E-state index in [2.05, 4.69) is 15.9 Å². The van der Waals surface area contributed by atoms with Crippen LogP contribution in [0.25, 0.3) is 0 Å². The average Bonchev–Trinajstić information content (AvgIpc) is 2.39. The molecule has 19 heavy (non-hydrogen) atoms. The molecule has 0 aliphatic rings. The second-order valence-electron chi connectivity index (χ2n) is 4.14. The van der Waals surface area contributed by atoms with Gasteiger partial charge in [0, 0.05) is 5.56 Å². The van der Waals surface area contributed by atoms with Crippen LogP contribution in [0.15, 0.2) is 40.9 Å². The van der Waals surface area contributed by atoms with Crippen LogP contribution in [0.4, 0.5) is 4.39 Å². The third-order valence-electron chi connectivity index (χ3n) is 2.65. The van der Waals surface area contributed by atoms with Crippen molar-refractivity contribution in [3.8, 4) is 11.8 Å². The summed E-state index contributed by atoms with van der Waals surface area (Å²) in [5.74, 6) is 0.233. The molecule has 2 aromatic carbocycles. The number of hydrogen-bond donors (Lipinski definition) is 0. The van der Waals surface area contributed by atoms with Gasteiger partial charge in [0.05, 0.1) is 16.1 Å². The van der Waals surface area contributed by atoms with Gasteiger partial charge in [-0.05, 0) is 52.7 Å². The van der Waals surface area contributed by atoms with Crippen LogP contribution in [0, 0.1) is 24.1 Å². The Morgan fingerprint density at radius 2 is 2.05 bits per heavy atom. The number of ether oxygens (including phenoxy) is 1. The Labute approximate surface area is 119 Å². The largest absolute Gasteiger partial charge is 0.488 e. The molecule has 0 atom stereocenters. The van der Waals surface area contributed by atoms with Crippen molar-refractivity contribution in [1.82, 2.24) is 0 Å². The SMILES string of the molecule is Cc1ccc(OCc2ccc(C#N)cc2F)c(Br)c1. The lowest BCUT2D eigenvalue weighted by atomic mass is 10.1. The fourth-order valence-electron chi connectivity index (χ4n) is 1.61. The Morgan fingerprint density at radius 3 is 2.68 bits per heavy atom. The zero-order valence-corrected chi connectivity index (χ0v) is 11.9. The summed E-state index contributed by atoms with van der Waals surface area (Å²) in [6, 6.07) is 11.9. The van der Waals surface area contributed by atoms with Gasteiger partial charge in [-0.15, -0.1) is 0 Å². The third-order valence-corrected chi connectivity index (χ3v) is 3.27. The van der Waals surface area contributed by atoms with Crippen molar-refractivity contribution in [2.24, 2.45) is 0 Å². The molecule has 0 saturated carbocycles. The average molecular weight is 320 g/mol. The van der Waals surface area contributed by atoms with Gasteiger partial charge >= 0.3 is 0 Å². The molecule has 0 aromatic heterocycles. The Bertz CT molecular complexity index is 649. The highest BCUT2D eigenvalue weighted by Crippen LogP contribution is 2.26. The molecule has 4 heteroatoms. The number of halogens is 2. The predicted octanol–water partition coefficient (Wildman–Crippen LogP) is 4.35. The standard InChI is InChI=1S/C15H11BrFNO/c1-10-2-5-15(13(16)6-10)19-9-12-4-3-11(8-18)7-14(12)17/h2-7H,9H2,1H3. The van der Waals surface area contributed by atoms with Crippen LogP contribution in [0.3, 0.4) is 0 Å². The van der Waals surface area contributed by atoms with E-state index in [9.17, 15) is 4.39 Å². The van der Waals surface area contributed by atoms with Crippen molar-refractivity contribution in [3.05, 3.63) is 63.4 Å². The van der Waals surface area contributed by atoms with Gasteiger partial charge in [0.2, 0.25) is 0 Å². The maximum atomic E-state index is 13.7. The van der Waals surface area contributed by atoms with Crippen LogP contribution in [0.5, 0.6) is 5.75 Å². The van der Waals surface area contributed by atoms with Crippen molar-refractivity contribution < 1.29 is 9.13 Å². The Kier molecular flexibility index (Phi) is 4.18. The second kappa shape index (κ2) is 5.85. The number of benzene rings is 2. The van der Waals surface area contributed by atoms with Gasteiger partial charge in [0.25, 0.3) is 0 Å². The molecule has 0 heterocycles. The zero-order chi connectivity index (χ0) is 13.8. The van der Waals surface area contributed by atoms with E-state index in [-0.39, 0.29) is 6.61 Å². The molecule has 2 rings (SSSR count). The normalized spacial score (nSPS) is 10.0. The second-order valence-corrected chi connectivity index (χ2v) is 4.99. The molecule has 2 nitrogen and oxygen atoms in total. The van der Waals surface area contributed by atoms with Crippen LogP contribution in [-0.4, -0.2) is 0 Å². The van der Waals surface area contributed by atoms with Gasteiger partial charge in [-0.25, -0.2) is 4.39 Å². The number of nitriles is 1. The van der Waals surface area contributed by atoms with Crippen molar-refractivity contribution in [3.63, 3.8) is 0 Å². The quantitative estimate of drug-likeness (QED) is 0.842. The summed E-state index contributed by atoms with van der Waals surface area (Å²) in [6.07, 6.45) is 0. The highest BCUT2D eigenvalue weighted by Gasteiger charge is 2.06. The molecule has 0 amide bonds. The molecule has 0 unspecified atom stereocenters. The molecule has 2 aromatic rings. The van der Waals surface area contributed by atoms with E-state index < -0.39 is 5.82 Å². The first kappa shape index (κ1) is 13.6. The van der Waals surface area contributed by atoms with E-state index in [0.29, 0.717) is 16.9 Å². The molecule has 0 N–H and O–H groups in total. The summed E-state index contributed by atoms with van der Waals surface area (Å²) >= 11 is 3.40. The molecule has 96 valence electrons. The summed E-state index contributed by atoms with van der Waals surface area (Å²) in [5.41, 5.74) is 1.84. The molecular weight excluding hydrogens is 309 g/mol.